The smallest absolute Gasteiger partial charge is 0.475 e. The van der Waals surface area contributed by atoms with E-state index in [1.165, 1.54) is 12.8 Å². The van der Waals surface area contributed by atoms with Crippen molar-refractivity contribution in [2.45, 2.75) is 24.9 Å². The lowest BCUT2D eigenvalue weighted by atomic mass is 10.1. The van der Waals surface area contributed by atoms with Crippen molar-refractivity contribution in [3.63, 3.8) is 0 Å². The molecule has 1 aromatic carbocycles. The number of carboxylic acids is 1. The molecule has 1 aliphatic carbocycles. The number of carboxylic acid groups (broad SMARTS) is 1. The molecule has 0 amide bonds. The molecule has 1 fully saturated rings. The van der Waals surface area contributed by atoms with E-state index in [1.807, 2.05) is 30.6 Å². The van der Waals surface area contributed by atoms with Gasteiger partial charge < -0.3 is 14.5 Å². The maximum absolute atomic E-state index is 11.2. The number of benzene rings is 1. The molecule has 1 saturated carbocycles. The second-order valence-electron chi connectivity index (χ2n) is 6.79. The number of hydrogen-bond acceptors (Lipinski definition) is 6. The number of hydrogen-bond donors (Lipinski definition) is 3. The number of nitrogens with zero attached hydrogens (tertiary/aromatic N) is 3. The van der Waals surface area contributed by atoms with Crippen molar-refractivity contribution in [3.8, 4) is 22.7 Å². The van der Waals surface area contributed by atoms with Gasteiger partial charge in [0.05, 0.1) is 17.6 Å². The molecule has 3 N–H and O–H groups in total. The highest BCUT2D eigenvalue weighted by Crippen LogP contribution is 2.39. The summed E-state index contributed by atoms with van der Waals surface area (Å²) in [4.78, 5) is 32.4. The molecule has 0 radical (unpaired) electrons. The lowest BCUT2D eigenvalue weighted by Gasteiger charge is -2.02. The predicted octanol–water partition coefficient (Wildman–Crippen LogP) is 3.48. The normalized spacial score (nSPS) is 13.6. The molecule has 0 saturated heterocycles. The van der Waals surface area contributed by atoms with E-state index in [0.717, 1.165) is 33.4 Å². The van der Waals surface area contributed by atoms with Crippen molar-refractivity contribution in [1.82, 2.24) is 25.1 Å². The number of nitrogens with one attached hydrogen (secondary N) is 2. The molecule has 160 valence electrons. The van der Waals surface area contributed by atoms with Crippen molar-refractivity contribution in [1.29, 1.82) is 0 Å². The third-order valence-corrected chi connectivity index (χ3v) is 4.53. The first kappa shape index (κ1) is 20.3. The van der Waals surface area contributed by atoms with E-state index in [4.69, 9.17) is 19.3 Å². The summed E-state index contributed by atoms with van der Waals surface area (Å²) < 4.78 is 36.8. The van der Waals surface area contributed by atoms with Crippen LogP contribution in [0, 0.1) is 0 Å². The van der Waals surface area contributed by atoms with Gasteiger partial charge in [0.1, 0.15) is 0 Å². The molecule has 5 rings (SSSR count). The van der Waals surface area contributed by atoms with Crippen LogP contribution in [-0.4, -0.2) is 42.4 Å². The Labute approximate surface area is 171 Å². The molecule has 0 bridgehead atoms. The number of alkyl halides is 3. The van der Waals surface area contributed by atoms with Gasteiger partial charge in [-0.25, -0.2) is 19.7 Å². The van der Waals surface area contributed by atoms with Crippen LogP contribution in [0.4, 0.5) is 13.2 Å². The van der Waals surface area contributed by atoms with Crippen LogP contribution in [0.1, 0.15) is 24.5 Å². The summed E-state index contributed by atoms with van der Waals surface area (Å²) >= 11 is 0. The van der Waals surface area contributed by atoms with Crippen LogP contribution in [0.5, 0.6) is 0 Å². The second kappa shape index (κ2) is 7.70. The van der Waals surface area contributed by atoms with Gasteiger partial charge in [-0.3, -0.25) is 4.98 Å². The van der Waals surface area contributed by atoms with Crippen LogP contribution in [-0.2, 0) is 4.79 Å². The molecular formula is C19H14F3N5O4. The van der Waals surface area contributed by atoms with Gasteiger partial charge in [0.15, 0.2) is 0 Å². The molecule has 4 aromatic rings. The Morgan fingerprint density at radius 2 is 1.97 bits per heavy atom. The molecule has 3 aromatic heterocycles. The largest absolute Gasteiger partial charge is 0.490 e. The lowest BCUT2D eigenvalue weighted by molar-refractivity contribution is -0.192. The Kier molecular flexibility index (Phi) is 5.05. The Hall–Kier alpha value is -3.96. The van der Waals surface area contributed by atoms with E-state index in [2.05, 4.69) is 20.2 Å². The maximum Gasteiger partial charge on any atom is 0.490 e. The summed E-state index contributed by atoms with van der Waals surface area (Å²) in [5.41, 5.74) is 4.57. The van der Waals surface area contributed by atoms with E-state index < -0.39 is 17.9 Å². The average Bonchev–Trinajstić information content (AvgIpc) is 3.36. The van der Waals surface area contributed by atoms with Crippen molar-refractivity contribution in [2.75, 3.05) is 0 Å². The van der Waals surface area contributed by atoms with E-state index in [-0.39, 0.29) is 5.89 Å². The molecule has 0 unspecified atom stereocenters. The molecule has 3 heterocycles. The maximum atomic E-state index is 11.2. The standard InChI is InChI=1S/C17H13N5O2.C2HF3O2/c23-17-22-21-16(24-17)10-3-4-13-11(5-10)12(6-19-13)15-8-18-7-14(20-15)9-1-2-9;3-2(4,5)1(6)7/h3-9,19H,1-2H2,(H,22,23);(H,6,7). The predicted molar refractivity (Wildman–Crippen MR) is 101 cm³/mol. The van der Waals surface area contributed by atoms with Crippen LogP contribution in [0.3, 0.4) is 0 Å². The van der Waals surface area contributed by atoms with Gasteiger partial charge in [-0.1, -0.05) is 0 Å². The summed E-state index contributed by atoms with van der Waals surface area (Å²) in [5.74, 6) is -2.50. The van der Waals surface area contributed by atoms with Gasteiger partial charge in [0.2, 0.25) is 5.89 Å². The summed E-state index contributed by atoms with van der Waals surface area (Å²) in [6, 6.07) is 5.72. The zero-order chi connectivity index (χ0) is 22.2. The minimum atomic E-state index is -5.08. The minimum absolute atomic E-state index is 0.270. The van der Waals surface area contributed by atoms with E-state index in [1.54, 1.807) is 6.20 Å². The van der Waals surface area contributed by atoms with Crippen molar-refractivity contribution >= 4 is 16.9 Å². The van der Waals surface area contributed by atoms with Crippen LogP contribution in [0.25, 0.3) is 33.6 Å². The van der Waals surface area contributed by atoms with Gasteiger partial charge in [-0.15, -0.1) is 5.10 Å². The molecule has 0 aliphatic heterocycles. The summed E-state index contributed by atoms with van der Waals surface area (Å²) in [6.45, 7) is 0. The zero-order valence-electron chi connectivity index (χ0n) is 15.6. The third-order valence-electron chi connectivity index (χ3n) is 4.53. The topological polar surface area (TPSA) is 138 Å². The monoisotopic (exact) mass is 433 g/mol. The summed E-state index contributed by atoms with van der Waals surface area (Å²) in [5, 5.41) is 14.3. The average molecular weight is 433 g/mol. The number of aromatic amines is 2. The second-order valence-corrected chi connectivity index (χ2v) is 6.79. The summed E-state index contributed by atoms with van der Waals surface area (Å²) in [6.07, 6.45) is 2.84. The highest BCUT2D eigenvalue weighted by molar-refractivity contribution is 5.96. The van der Waals surface area contributed by atoms with Gasteiger partial charge in [-0.05, 0) is 31.0 Å². The van der Waals surface area contributed by atoms with E-state index in [0.29, 0.717) is 5.92 Å². The number of H-pyrrole nitrogens is 2. The first-order valence-electron chi connectivity index (χ1n) is 9.02. The Bertz CT molecular complexity index is 1300. The van der Waals surface area contributed by atoms with Crippen LogP contribution in [0.15, 0.2) is 46.0 Å². The van der Waals surface area contributed by atoms with Crippen molar-refractivity contribution in [2.24, 2.45) is 0 Å². The quantitative estimate of drug-likeness (QED) is 0.450. The number of carbonyl (C=O) groups is 1. The van der Waals surface area contributed by atoms with Gasteiger partial charge >= 0.3 is 17.9 Å². The Morgan fingerprint density at radius 3 is 2.58 bits per heavy atom. The highest BCUT2D eigenvalue weighted by Gasteiger charge is 2.38. The molecule has 0 spiro atoms. The van der Waals surface area contributed by atoms with Gasteiger partial charge in [0.25, 0.3) is 0 Å². The zero-order valence-corrected chi connectivity index (χ0v) is 15.6. The first-order chi connectivity index (χ1) is 14.7. The van der Waals surface area contributed by atoms with Crippen LogP contribution >= 0.6 is 0 Å². The third kappa shape index (κ3) is 4.47. The number of halogens is 3. The van der Waals surface area contributed by atoms with Crippen LogP contribution < -0.4 is 5.76 Å². The SMILES string of the molecule is O=C(O)C(F)(F)F.O=c1[nH]nc(-c2ccc3[nH]cc(-c4cncc(C5CC5)n4)c3c2)o1. The fraction of sp³-hybridized carbons (Fsp3) is 0.211. The van der Waals surface area contributed by atoms with Crippen molar-refractivity contribution in [3.05, 3.63) is 53.0 Å². The van der Waals surface area contributed by atoms with E-state index in [9.17, 15) is 18.0 Å². The van der Waals surface area contributed by atoms with Gasteiger partial charge in [0, 0.05) is 40.3 Å². The lowest BCUT2D eigenvalue weighted by Crippen LogP contribution is -2.21. The molecule has 12 heteroatoms. The summed E-state index contributed by atoms with van der Waals surface area (Å²) in [7, 11) is 0. The minimum Gasteiger partial charge on any atom is -0.475 e. The number of aromatic nitrogens is 5. The highest BCUT2D eigenvalue weighted by atomic mass is 19.4. The van der Waals surface area contributed by atoms with Crippen LogP contribution in [0.2, 0.25) is 0 Å². The molecule has 9 nitrogen and oxygen atoms in total. The molecular weight excluding hydrogens is 419 g/mol. The Morgan fingerprint density at radius 1 is 1.23 bits per heavy atom. The number of fused-ring (bicyclic) bond motifs is 1. The molecule has 31 heavy (non-hydrogen) atoms. The van der Waals surface area contributed by atoms with Crippen molar-refractivity contribution < 1.29 is 27.5 Å². The molecule has 1 aliphatic rings. The Balaban J connectivity index is 0.000000289. The first-order valence-corrected chi connectivity index (χ1v) is 9.02. The number of aliphatic carboxylic acids is 1. The number of rotatable bonds is 3. The van der Waals surface area contributed by atoms with E-state index >= 15 is 0 Å². The fourth-order valence-corrected chi connectivity index (χ4v) is 2.91. The molecule has 0 atom stereocenters. The van der Waals surface area contributed by atoms with Gasteiger partial charge in [-0.2, -0.15) is 13.2 Å². The fourth-order valence-electron chi connectivity index (χ4n) is 2.91.